The molecule has 0 aliphatic heterocycles. The zero-order valence-electron chi connectivity index (χ0n) is 10.7. The van der Waals surface area contributed by atoms with Crippen LogP contribution in [-0.2, 0) is 0 Å². The van der Waals surface area contributed by atoms with Crippen molar-refractivity contribution < 1.29 is 10.0 Å². The maximum atomic E-state index is 10.9. The molecule has 3 rings (SSSR count). The van der Waals surface area contributed by atoms with Crippen molar-refractivity contribution in [3.8, 4) is 22.7 Å². The minimum atomic E-state index is -0.526. The number of non-ortho nitro benzene ring substituents is 1. The predicted molar refractivity (Wildman–Crippen MR) is 75.1 cm³/mol. The van der Waals surface area contributed by atoms with E-state index >= 15 is 0 Å². The molecule has 0 amide bonds. The molecular formula is C14H10N4O3. The SMILES string of the molecule is O=[N+]([O-])c1ccc(O)c(-n2nncc2-c2ccccc2)c1. The van der Waals surface area contributed by atoms with Gasteiger partial charge < -0.3 is 5.11 Å². The lowest BCUT2D eigenvalue weighted by Gasteiger charge is -2.08. The van der Waals surface area contributed by atoms with Gasteiger partial charge in [-0.2, -0.15) is 0 Å². The van der Waals surface area contributed by atoms with Crippen LogP contribution in [0, 0.1) is 10.1 Å². The Kier molecular flexibility index (Phi) is 3.07. The maximum absolute atomic E-state index is 10.9. The van der Waals surface area contributed by atoms with Gasteiger partial charge in [0.1, 0.15) is 11.4 Å². The van der Waals surface area contributed by atoms with Gasteiger partial charge in [-0.05, 0) is 6.07 Å². The standard InChI is InChI=1S/C14H10N4O3/c19-14-7-6-11(18(20)21)8-12(14)17-13(9-15-16-17)10-4-2-1-3-5-10/h1-9,19H. The van der Waals surface area contributed by atoms with Crippen molar-refractivity contribution >= 4 is 5.69 Å². The molecule has 0 fully saturated rings. The van der Waals surface area contributed by atoms with Crippen LogP contribution in [0.5, 0.6) is 5.75 Å². The van der Waals surface area contributed by atoms with Gasteiger partial charge in [0.2, 0.25) is 0 Å². The second kappa shape index (κ2) is 5.04. The summed E-state index contributed by atoms with van der Waals surface area (Å²) in [6, 6.07) is 13.1. The smallest absolute Gasteiger partial charge is 0.271 e. The molecule has 0 saturated heterocycles. The molecule has 3 aromatic rings. The van der Waals surface area contributed by atoms with Gasteiger partial charge in [-0.1, -0.05) is 35.5 Å². The van der Waals surface area contributed by atoms with Crippen molar-refractivity contribution in [2.24, 2.45) is 0 Å². The molecule has 0 saturated carbocycles. The highest BCUT2D eigenvalue weighted by atomic mass is 16.6. The Hall–Kier alpha value is -3.22. The number of aromatic nitrogens is 3. The zero-order valence-corrected chi connectivity index (χ0v) is 10.7. The highest BCUT2D eigenvalue weighted by molar-refractivity contribution is 5.63. The van der Waals surface area contributed by atoms with Crippen LogP contribution in [0.2, 0.25) is 0 Å². The average molecular weight is 282 g/mol. The summed E-state index contributed by atoms with van der Waals surface area (Å²) in [5, 5.41) is 28.5. The van der Waals surface area contributed by atoms with Crippen LogP contribution < -0.4 is 0 Å². The second-order valence-electron chi connectivity index (χ2n) is 4.33. The Bertz CT molecular complexity index is 799. The van der Waals surface area contributed by atoms with E-state index in [1.165, 1.54) is 29.1 Å². The first kappa shape index (κ1) is 12.8. The summed E-state index contributed by atoms with van der Waals surface area (Å²) in [5.74, 6) is -0.108. The fourth-order valence-corrected chi connectivity index (χ4v) is 2.01. The molecule has 1 N–H and O–H groups in total. The van der Waals surface area contributed by atoms with Gasteiger partial charge in [-0.3, -0.25) is 10.1 Å². The van der Waals surface area contributed by atoms with E-state index in [1.807, 2.05) is 30.3 Å². The van der Waals surface area contributed by atoms with E-state index in [0.717, 1.165) is 5.56 Å². The number of hydrogen-bond acceptors (Lipinski definition) is 5. The van der Waals surface area contributed by atoms with Gasteiger partial charge in [0.15, 0.2) is 0 Å². The fraction of sp³-hybridized carbons (Fsp3) is 0. The molecule has 0 aliphatic carbocycles. The van der Waals surface area contributed by atoms with E-state index in [9.17, 15) is 15.2 Å². The summed E-state index contributed by atoms with van der Waals surface area (Å²) in [5.41, 5.74) is 1.55. The van der Waals surface area contributed by atoms with Crippen molar-refractivity contribution in [2.45, 2.75) is 0 Å². The van der Waals surface area contributed by atoms with Crippen molar-refractivity contribution in [3.63, 3.8) is 0 Å². The first-order chi connectivity index (χ1) is 10.2. The number of hydrogen-bond donors (Lipinski definition) is 1. The largest absolute Gasteiger partial charge is 0.506 e. The Morgan fingerprint density at radius 3 is 2.62 bits per heavy atom. The highest BCUT2D eigenvalue weighted by Gasteiger charge is 2.16. The summed E-state index contributed by atoms with van der Waals surface area (Å²) in [4.78, 5) is 10.3. The van der Waals surface area contributed by atoms with E-state index in [4.69, 9.17) is 0 Å². The first-order valence-corrected chi connectivity index (χ1v) is 6.11. The van der Waals surface area contributed by atoms with Crippen molar-refractivity contribution in [1.29, 1.82) is 0 Å². The van der Waals surface area contributed by atoms with E-state index < -0.39 is 4.92 Å². The molecule has 104 valence electrons. The molecule has 1 aromatic heterocycles. The van der Waals surface area contributed by atoms with Gasteiger partial charge >= 0.3 is 0 Å². The summed E-state index contributed by atoms with van der Waals surface area (Å²) in [6.07, 6.45) is 1.54. The lowest BCUT2D eigenvalue weighted by molar-refractivity contribution is -0.384. The van der Waals surface area contributed by atoms with E-state index in [2.05, 4.69) is 10.3 Å². The van der Waals surface area contributed by atoms with Gasteiger partial charge in [-0.25, -0.2) is 4.68 Å². The van der Waals surface area contributed by atoms with Crippen LogP contribution in [0.1, 0.15) is 0 Å². The van der Waals surface area contributed by atoms with Crippen molar-refractivity contribution in [1.82, 2.24) is 15.0 Å². The third-order valence-corrected chi connectivity index (χ3v) is 3.02. The molecule has 0 aliphatic rings. The van der Waals surface area contributed by atoms with E-state index in [-0.39, 0.29) is 17.1 Å². The number of rotatable bonds is 3. The molecular weight excluding hydrogens is 272 g/mol. The molecule has 0 atom stereocenters. The molecule has 0 spiro atoms. The van der Waals surface area contributed by atoms with Crippen molar-refractivity contribution in [2.75, 3.05) is 0 Å². The molecule has 2 aromatic carbocycles. The molecule has 7 heteroatoms. The molecule has 0 unspecified atom stereocenters. The van der Waals surface area contributed by atoms with Crippen LogP contribution in [0.15, 0.2) is 54.7 Å². The first-order valence-electron chi connectivity index (χ1n) is 6.11. The van der Waals surface area contributed by atoms with E-state index in [1.54, 1.807) is 0 Å². The number of nitro benzene ring substituents is 1. The summed E-state index contributed by atoms with van der Waals surface area (Å²) < 4.78 is 1.37. The lowest BCUT2D eigenvalue weighted by Crippen LogP contribution is -2.01. The summed E-state index contributed by atoms with van der Waals surface area (Å²) >= 11 is 0. The minimum Gasteiger partial charge on any atom is -0.506 e. The third-order valence-electron chi connectivity index (χ3n) is 3.02. The topological polar surface area (TPSA) is 94.1 Å². The van der Waals surface area contributed by atoms with Gasteiger partial charge in [0.05, 0.1) is 16.8 Å². The van der Waals surface area contributed by atoms with Crippen LogP contribution in [0.25, 0.3) is 16.9 Å². The number of phenols is 1. The quantitative estimate of drug-likeness (QED) is 0.588. The van der Waals surface area contributed by atoms with Gasteiger partial charge in [-0.15, -0.1) is 5.10 Å². The van der Waals surface area contributed by atoms with Gasteiger partial charge in [0.25, 0.3) is 5.69 Å². The van der Waals surface area contributed by atoms with E-state index in [0.29, 0.717) is 5.69 Å². The monoisotopic (exact) mass is 282 g/mol. The molecule has 7 nitrogen and oxygen atoms in total. The van der Waals surface area contributed by atoms with Gasteiger partial charge in [0, 0.05) is 17.7 Å². The van der Waals surface area contributed by atoms with Crippen LogP contribution in [0.4, 0.5) is 5.69 Å². The van der Waals surface area contributed by atoms with Crippen LogP contribution in [-0.4, -0.2) is 25.0 Å². The van der Waals surface area contributed by atoms with Crippen LogP contribution >= 0.6 is 0 Å². The Morgan fingerprint density at radius 2 is 1.90 bits per heavy atom. The molecule has 21 heavy (non-hydrogen) atoms. The number of nitrogens with zero attached hydrogens (tertiary/aromatic N) is 4. The average Bonchev–Trinajstić information content (AvgIpc) is 2.97. The van der Waals surface area contributed by atoms with Crippen LogP contribution in [0.3, 0.4) is 0 Å². The number of nitro groups is 1. The van der Waals surface area contributed by atoms with Crippen molar-refractivity contribution in [3.05, 3.63) is 64.8 Å². The summed E-state index contributed by atoms with van der Waals surface area (Å²) in [7, 11) is 0. The third kappa shape index (κ3) is 2.32. The predicted octanol–water partition coefficient (Wildman–Crippen LogP) is 2.55. The number of phenolic OH excluding ortho intramolecular Hbond substituents is 1. The second-order valence-corrected chi connectivity index (χ2v) is 4.33. The highest BCUT2D eigenvalue weighted by Crippen LogP contribution is 2.29. The summed E-state index contributed by atoms with van der Waals surface area (Å²) in [6.45, 7) is 0. The minimum absolute atomic E-state index is 0.108. The number of aromatic hydroxyl groups is 1. The molecule has 1 heterocycles. The number of benzene rings is 2. The fourth-order valence-electron chi connectivity index (χ4n) is 2.01. The Labute approximate surface area is 119 Å². The zero-order chi connectivity index (χ0) is 14.8. The maximum Gasteiger partial charge on any atom is 0.271 e. The Morgan fingerprint density at radius 1 is 1.14 bits per heavy atom. The normalized spacial score (nSPS) is 10.5. The molecule has 0 bridgehead atoms. The lowest BCUT2D eigenvalue weighted by atomic mass is 10.1. The molecule has 0 radical (unpaired) electrons. The Balaban J connectivity index is 2.17.